The van der Waals surface area contributed by atoms with Crippen molar-refractivity contribution in [1.82, 2.24) is 8.80 Å². The lowest BCUT2D eigenvalue weighted by Gasteiger charge is -2.30. The number of aryl methyl sites for hydroxylation is 3. The second-order valence-corrected chi connectivity index (χ2v) is 15.6. The van der Waals surface area contributed by atoms with Crippen LogP contribution in [-0.2, 0) is 6.42 Å². The molecule has 5 aromatic carbocycles. The normalized spacial score (nSPS) is 14.0. The van der Waals surface area contributed by atoms with Crippen molar-refractivity contribution in [2.45, 2.75) is 46.5 Å². The molecule has 8 aromatic rings. The minimum Gasteiger partial charge on any atom is -0.314 e. The summed E-state index contributed by atoms with van der Waals surface area (Å²) in [5.74, 6) is 0. The molecule has 3 nitrogen and oxygen atoms in total. The quantitative estimate of drug-likeness (QED) is 0.158. The van der Waals surface area contributed by atoms with Crippen LogP contribution in [0.2, 0.25) is 0 Å². The summed E-state index contributed by atoms with van der Waals surface area (Å²) in [5, 5.41) is 2.41. The number of anilines is 2. The van der Waals surface area contributed by atoms with Gasteiger partial charge in [0.2, 0.25) is 0 Å². The Bertz CT molecular complexity index is 3070. The van der Waals surface area contributed by atoms with Crippen LogP contribution in [0.4, 0.5) is 11.4 Å². The summed E-state index contributed by atoms with van der Waals surface area (Å²) in [6.45, 7) is 11.1. The van der Waals surface area contributed by atoms with Gasteiger partial charge in [-0.2, -0.15) is 0 Å². The van der Waals surface area contributed by atoms with Crippen LogP contribution in [-0.4, -0.2) is 8.80 Å². The number of allylic oxidation sites excluding steroid dienone is 6. The van der Waals surface area contributed by atoms with Gasteiger partial charge in [0, 0.05) is 39.1 Å². The molecule has 2 aliphatic carbocycles. The highest BCUT2D eigenvalue weighted by Gasteiger charge is 2.25. The Morgan fingerprint density at radius 1 is 0.621 bits per heavy atom. The molecule has 0 saturated carbocycles. The van der Waals surface area contributed by atoms with Crippen molar-refractivity contribution in [1.29, 1.82) is 0 Å². The Kier molecular flexibility index (Phi) is 8.94. The Labute approximate surface area is 341 Å². The van der Waals surface area contributed by atoms with Gasteiger partial charge in [-0.1, -0.05) is 128 Å². The standard InChI is InChI=1S/C55H47N3/c1-5-17-46-37(3)54-55-38(4)47-22-13-15-24-51(47)58(55)53-35-34-45(36-49(53)48-23-14-16-25-52(48)57(54)50(46)6-2)56(43-30-26-41(27-31-43)39-18-9-7-10-19-39)44-32-28-42(29-33-44)40-20-11-8-12-21-40/h5-14,16-23,25-28,30-32,34-36H,2,15,24,29,33H2,1,3-4H3/b17-5-. The fourth-order valence-corrected chi connectivity index (χ4v) is 9.64. The zero-order valence-corrected chi connectivity index (χ0v) is 33.5. The minimum absolute atomic E-state index is 0.929. The van der Waals surface area contributed by atoms with Crippen LogP contribution in [0.5, 0.6) is 0 Å². The average Bonchev–Trinajstić information content (AvgIpc) is 3.72. The number of benzene rings is 5. The molecule has 3 heterocycles. The average molecular weight is 750 g/mol. The zero-order valence-electron chi connectivity index (χ0n) is 33.5. The predicted octanol–water partition coefficient (Wildman–Crippen LogP) is 14.9. The van der Waals surface area contributed by atoms with E-state index in [0.29, 0.717) is 0 Å². The van der Waals surface area contributed by atoms with Gasteiger partial charge in [0.05, 0.1) is 27.8 Å². The van der Waals surface area contributed by atoms with Crippen LogP contribution < -0.4 is 4.90 Å². The molecule has 0 spiro atoms. The van der Waals surface area contributed by atoms with E-state index in [9.17, 15) is 0 Å². The molecule has 0 N–H and O–H groups in total. The Hall–Kier alpha value is -6.84. The van der Waals surface area contributed by atoms with Crippen molar-refractivity contribution in [2.75, 3.05) is 4.90 Å². The second kappa shape index (κ2) is 14.6. The van der Waals surface area contributed by atoms with E-state index in [2.05, 4.69) is 205 Å². The van der Waals surface area contributed by atoms with Crippen LogP contribution in [0.3, 0.4) is 0 Å². The van der Waals surface area contributed by atoms with Gasteiger partial charge in [-0.05, 0) is 134 Å². The molecule has 2 aliphatic rings. The lowest BCUT2D eigenvalue weighted by Crippen LogP contribution is -2.18. The first kappa shape index (κ1) is 35.6. The van der Waals surface area contributed by atoms with E-state index >= 15 is 0 Å². The van der Waals surface area contributed by atoms with Crippen molar-refractivity contribution < 1.29 is 0 Å². The molecular formula is C55H47N3. The van der Waals surface area contributed by atoms with Gasteiger partial charge in [0.15, 0.2) is 0 Å². The van der Waals surface area contributed by atoms with Crippen LogP contribution in [0, 0.1) is 13.8 Å². The number of rotatable bonds is 7. The predicted molar refractivity (Wildman–Crippen MR) is 250 cm³/mol. The highest BCUT2D eigenvalue weighted by atomic mass is 15.1. The molecule has 0 unspecified atom stereocenters. The van der Waals surface area contributed by atoms with Crippen LogP contribution >= 0.6 is 0 Å². The number of fused-ring (bicyclic) bond motifs is 10. The maximum Gasteiger partial charge on any atom is 0.0741 e. The first-order chi connectivity index (χ1) is 28.6. The van der Waals surface area contributed by atoms with E-state index in [1.165, 1.54) is 83.2 Å². The minimum atomic E-state index is 0.929. The van der Waals surface area contributed by atoms with Gasteiger partial charge in [-0.3, -0.25) is 0 Å². The van der Waals surface area contributed by atoms with Gasteiger partial charge in [-0.15, -0.1) is 0 Å². The van der Waals surface area contributed by atoms with E-state index in [1.54, 1.807) is 0 Å². The first-order valence-corrected chi connectivity index (χ1v) is 20.6. The molecule has 0 aliphatic heterocycles. The van der Waals surface area contributed by atoms with Gasteiger partial charge < -0.3 is 13.7 Å². The third-order valence-corrected chi connectivity index (χ3v) is 12.4. The lowest BCUT2D eigenvalue weighted by molar-refractivity contribution is 0.922. The van der Waals surface area contributed by atoms with Crippen molar-refractivity contribution in [3.63, 3.8) is 0 Å². The van der Waals surface area contributed by atoms with Crippen LogP contribution in [0.25, 0.3) is 67.8 Å². The summed E-state index contributed by atoms with van der Waals surface area (Å²) >= 11 is 0. The van der Waals surface area contributed by atoms with E-state index in [1.807, 2.05) is 6.08 Å². The molecule has 58 heavy (non-hydrogen) atoms. The molecule has 0 bridgehead atoms. The zero-order chi connectivity index (χ0) is 39.3. The molecule has 0 radical (unpaired) electrons. The summed E-state index contributed by atoms with van der Waals surface area (Å²) in [7, 11) is 0. The summed E-state index contributed by atoms with van der Waals surface area (Å²) in [5.41, 5.74) is 21.2. The highest BCUT2D eigenvalue weighted by Crippen LogP contribution is 2.42. The van der Waals surface area contributed by atoms with E-state index in [4.69, 9.17) is 0 Å². The van der Waals surface area contributed by atoms with Gasteiger partial charge in [0.25, 0.3) is 0 Å². The topological polar surface area (TPSA) is 12.1 Å². The molecule has 0 fully saturated rings. The smallest absolute Gasteiger partial charge is 0.0741 e. The summed E-state index contributed by atoms with van der Waals surface area (Å²) < 4.78 is 5.08. The Morgan fingerprint density at radius 2 is 1.29 bits per heavy atom. The SMILES string of the molecule is C=Cc1c(/C=C\C)c(C)c2c3c(C)c4c(n3c3ccc(N(C5=CC=C(c6ccccc6)CC5)c5ccc(-c6ccccc6)cc5)cc3c3ccccc3n12)CCC=C4. The number of para-hydroxylation sites is 1. The molecule has 10 rings (SSSR count). The number of nitrogens with zero attached hydrogens (tertiary/aromatic N) is 3. The molecule has 0 amide bonds. The van der Waals surface area contributed by atoms with Gasteiger partial charge >= 0.3 is 0 Å². The summed E-state index contributed by atoms with van der Waals surface area (Å²) in [6, 6.07) is 46.7. The molecular weight excluding hydrogens is 703 g/mol. The van der Waals surface area contributed by atoms with Crippen molar-refractivity contribution in [2.24, 2.45) is 0 Å². The molecule has 3 heteroatoms. The van der Waals surface area contributed by atoms with Crippen LogP contribution in [0.1, 0.15) is 65.4 Å². The Morgan fingerprint density at radius 3 is 2.02 bits per heavy atom. The summed E-state index contributed by atoms with van der Waals surface area (Å²) in [4.78, 5) is 2.49. The van der Waals surface area contributed by atoms with Gasteiger partial charge in [-0.25, -0.2) is 0 Å². The number of hydrogen-bond acceptors (Lipinski definition) is 1. The van der Waals surface area contributed by atoms with Crippen molar-refractivity contribution in [3.05, 3.63) is 203 Å². The fourth-order valence-electron chi connectivity index (χ4n) is 9.64. The van der Waals surface area contributed by atoms with E-state index in [-0.39, 0.29) is 0 Å². The van der Waals surface area contributed by atoms with Crippen molar-refractivity contribution >= 4 is 68.0 Å². The summed E-state index contributed by atoms with van der Waals surface area (Å²) in [6.07, 6.45) is 19.7. The third-order valence-electron chi connectivity index (χ3n) is 12.4. The van der Waals surface area contributed by atoms with Crippen molar-refractivity contribution in [3.8, 4) is 11.1 Å². The van der Waals surface area contributed by atoms with Gasteiger partial charge in [0.1, 0.15) is 0 Å². The van der Waals surface area contributed by atoms with Crippen LogP contribution in [0.15, 0.2) is 164 Å². The number of hydrogen-bond donors (Lipinski definition) is 0. The maximum absolute atomic E-state index is 4.39. The largest absolute Gasteiger partial charge is 0.314 e. The highest BCUT2D eigenvalue weighted by molar-refractivity contribution is 6.09. The second-order valence-electron chi connectivity index (χ2n) is 15.6. The monoisotopic (exact) mass is 749 g/mol. The third kappa shape index (κ3) is 5.72. The van der Waals surface area contributed by atoms with E-state index < -0.39 is 0 Å². The molecule has 0 atom stereocenters. The molecule has 282 valence electrons. The Balaban J connectivity index is 1.29. The number of aromatic nitrogens is 2. The van der Waals surface area contributed by atoms with E-state index in [0.717, 1.165) is 48.3 Å². The first-order valence-electron chi connectivity index (χ1n) is 20.6. The lowest BCUT2D eigenvalue weighted by atomic mass is 9.95. The molecule has 0 saturated heterocycles. The fraction of sp³-hybridized carbons (Fsp3) is 0.127. The molecule has 3 aromatic heterocycles. The maximum atomic E-state index is 4.39.